The van der Waals surface area contributed by atoms with Crippen molar-refractivity contribution in [3.8, 4) is 11.5 Å². The highest BCUT2D eigenvalue weighted by Crippen LogP contribution is 2.30. The molecule has 3 aliphatic rings. The molecule has 0 radical (unpaired) electrons. The summed E-state index contributed by atoms with van der Waals surface area (Å²) in [6.07, 6.45) is 15.5. The molecule has 1 aliphatic carbocycles. The lowest BCUT2D eigenvalue weighted by Gasteiger charge is -2.30. The van der Waals surface area contributed by atoms with Crippen LogP contribution in [0, 0.1) is 11.8 Å². The van der Waals surface area contributed by atoms with Gasteiger partial charge < -0.3 is 19.3 Å². The molecule has 0 amide bonds. The van der Waals surface area contributed by atoms with Gasteiger partial charge in [0.1, 0.15) is 11.5 Å². The number of carbonyl (C=O) groups is 1. The van der Waals surface area contributed by atoms with Gasteiger partial charge in [0.15, 0.2) is 5.78 Å². The van der Waals surface area contributed by atoms with E-state index in [1.807, 2.05) is 36.4 Å². The molecule has 0 N–H and O–H groups in total. The molecule has 0 unspecified atom stereocenters. The third-order valence-electron chi connectivity index (χ3n) is 9.72. The molecule has 2 aromatic carbocycles. The van der Waals surface area contributed by atoms with E-state index in [0.29, 0.717) is 0 Å². The third-order valence-corrected chi connectivity index (χ3v) is 9.72. The minimum absolute atomic E-state index is 0.164. The number of unbranched alkanes of at least 4 members (excludes halogenated alkanes) is 2. The van der Waals surface area contributed by atoms with Crippen LogP contribution in [0.2, 0.25) is 0 Å². The highest BCUT2D eigenvalue weighted by molar-refractivity contribution is 6.15. The molecule has 238 valence electrons. The van der Waals surface area contributed by atoms with Crippen molar-refractivity contribution in [1.29, 1.82) is 0 Å². The summed E-state index contributed by atoms with van der Waals surface area (Å²) in [5.41, 5.74) is 3.87. The molecule has 5 rings (SSSR count). The number of nitrogens with zero attached hydrogens (tertiary/aromatic N) is 2. The zero-order valence-electron chi connectivity index (χ0n) is 27.3. The van der Waals surface area contributed by atoms with Gasteiger partial charge in [-0.3, -0.25) is 4.79 Å². The highest BCUT2D eigenvalue weighted by Gasteiger charge is 2.23. The van der Waals surface area contributed by atoms with Crippen LogP contribution in [0.5, 0.6) is 11.5 Å². The van der Waals surface area contributed by atoms with Crippen molar-refractivity contribution in [3.63, 3.8) is 0 Å². The number of hydrogen-bond donors (Lipinski definition) is 0. The van der Waals surface area contributed by atoms with E-state index in [1.54, 1.807) is 0 Å². The summed E-state index contributed by atoms with van der Waals surface area (Å²) in [6.45, 7) is 13.6. The molecule has 0 spiro atoms. The van der Waals surface area contributed by atoms with Gasteiger partial charge in [0, 0.05) is 11.1 Å². The monoisotopic (exact) mass is 598 g/mol. The largest absolute Gasteiger partial charge is 0.494 e. The zero-order chi connectivity index (χ0) is 30.6. The van der Waals surface area contributed by atoms with Crippen LogP contribution < -0.4 is 9.47 Å². The molecular formula is C39H54N2O3. The molecular weight excluding hydrogens is 544 g/mol. The van der Waals surface area contributed by atoms with Crippen LogP contribution in [0.4, 0.5) is 0 Å². The highest BCUT2D eigenvalue weighted by atomic mass is 16.5. The molecule has 1 saturated carbocycles. The van der Waals surface area contributed by atoms with E-state index < -0.39 is 0 Å². The first kappa shape index (κ1) is 32.5. The lowest BCUT2D eigenvalue weighted by molar-refractivity contribution is -0.111. The number of likely N-dealkylation sites (tertiary alicyclic amines) is 2. The minimum atomic E-state index is 0.164. The standard InChI is InChI=1S/C39H54N2O3/c1-31-17-23-40(24-18-31)21-3-5-27-43-37-13-7-33(8-14-37)29-35-11-12-36(39(35)42)30-34-9-15-38(16-10-34)44-28-6-4-22-41-25-19-32(2)20-26-41/h7-10,13-16,29-32H,3-6,11-12,17-28H2,1-2H3/b35-29+,36-30+. The number of allylic oxidation sites excluding steroid dienone is 2. The lowest BCUT2D eigenvalue weighted by Crippen LogP contribution is -2.33. The molecule has 0 aromatic heterocycles. The maximum Gasteiger partial charge on any atom is 0.185 e. The Hall–Kier alpha value is -2.89. The molecule has 0 atom stereocenters. The van der Waals surface area contributed by atoms with Gasteiger partial charge in [-0.2, -0.15) is 0 Å². The Labute approximate surface area is 266 Å². The van der Waals surface area contributed by atoms with E-state index >= 15 is 0 Å². The molecule has 5 nitrogen and oxygen atoms in total. The molecule has 2 aliphatic heterocycles. The van der Waals surface area contributed by atoms with Gasteiger partial charge in [-0.05, 0) is 163 Å². The van der Waals surface area contributed by atoms with Crippen LogP contribution >= 0.6 is 0 Å². The van der Waals surface area contributed by atoms with Gasteiger partial charge in [-0.15, -0.1) is 0 Å². The number of ketones is 1. The zero-order valence-corrected chi connectivity index (χ0v) is 27.3. The van der Waals surface area contributed by atoms with Gasteiger partial charge in [0.2, 0.25) is 0 Å². The number of rotatable bonds is 14. The van der Waals surface area contributed by atoms with E-state index in [0.717, 1.165) is 84.5 Å². The molecule has 44 heavy (non-hydrogen) atoms. The SMILES string of the molecule is CC1CCN(CCCCOc2ccc(/C=C3\CC/C(=C\c4ccc(OCCCCN5CCC(C)CC5)cc4)C3=O)cc2)CC1. The number of ether oxygens (including phenoxy) is 2. The second kappa shape index (κ2) is 17.0. The maximum atomic E-state index is 13.1. The number of Topliss-reactive ketones (excluding diaryl/α,β-unsaturated/α-hetero) is 1. The van der Waals surface area contributed by atoms with Crippen molar-refractivity contribution in [2.75, 3.05) is 52.5 Å². The van der Waals surface area contributed by atoms with Gasteiger partial charge in [0.25, 0.3) is 0 Å². The average Bonchev–Trinajstić information content (AvgIpc) is 3.38. The Balaban J connectivity index is 0.997. The third kappa shape index (κ3) is 10.3. The Morgan fingerprint density at radius 2 is 1.00 bits per heavy atom. The summed E-state index contributed by atoms with van der Waals surface area (Å²) in [6, 6.07) is 16.3. The Morgan fingerprint density at radius 3 is 1.39 bits per heavy atom. The first-order valence-corrected chi connectivity index (χ1v) is 17.4. The van der Waals surface area contributed by atoms with Gasteiger partial charge >= 0.3 is 0 Å². The maximum absolute atomic E-state index is 13.1. The van der Waals surface area contributed by atoms with Gasteiger partial charge in [-0.25, -0.2) is 0 Å². The predicted octanol–water partition coefficient (Wildman–Crippen LogP) is 8.30. The molecule has 2 saturated heterocycles. The Kier molecular flexibility index (Phi) is 12.5. The number of benzene rings is 2. The second-order valence-corrected chi connectivity index (χ2v) is 13.5. The van der Waals surface area contributed by atoms with E-state index in [2.05, 4.69) is 47.9 Å². The minimum Gasteiger partial charge on any atom is -0.494 e. The lowest BCUT2D eigenvalue weighted by atomic mass is 9.99. The summed E-state index contributed by atoms with van der Waals surface area (Å²) in [4.78, 5) is 18.3. The van der Waals surface area contributed by atoms with Crippen LogP contribution in [0.15, 0.2) is 59.7 Å². The van der Waals surface area contributed by atoms with Crippen molar-refractivity contribution in [1.82, 2.24) is 9.80 Å². The van der Waals surface area contributed by atoms with Crippen molar-refractivity contribution in [2.45, 2.75) is 78.1 Å². The number of carbonyl (C=O) groups excluding carboxylic acids is 1. The number of piperidine rings is 2. The molecule has 2 heterocycles. The van der Waals surface area contributed by atoms with Crippen LogP contribution in [-0.2, 0) is 4.79 Å². The van der Waals surface area contributed by atoms with E-state index in [-0.39, 0.29) is 5.78 Å². The van der Waals surface area contributed by atoms with Crippen LogP contribution in [0.3, 0.4) is 0 Å². The van der Waals surface area contributed by atoms with Crippen molar-refractivity contribution in [2.24, 2.45) is 11.8 Å². The summed E-state index contributed by atoms with van der Waals surface area (Å²) in [5, 5.41) is 0. The fourth-order valence-corrected chi connectivity index (χ4v) is 6.53. The molecule has 0 bridgehead atoms. The first-order chi connectivity index (χ1) is 21.5. The Morgan fingerprint density at radius 1 is 0.614 bits per heavy atom. The predicted molar refractivity (Wildman–Crippen MR) is 182 cm³/mol. The van der Waals surface area contributed by atoms with Crippen LogP contribution in [0.1, 0.15) is 89.2 Å². The summed E-state index contributed by atoms with van der Waals surface area (Å²) in [7, 11) is 0. The molecule has 3 fully saturated rings. The first-order valence-electron chi connectivity index (χ1n) is 17.4. The van der Waals surface area contributed by atoms with E-state index in [9.17, 15) is 4.79 Å². The summed E-state index contributed by atoms with van der Waals surface area (Å²) in [5.74, 6) is 3.74. The fourth-order valence-electron chi connectivity index (χ4n) is 6.53. The second-order valence-electron chi connectivity index (χ2n) is 13.5. The fraction of sp³-hybridized carbons (Fsp3) is 0.564. The van der Waals surface area contributed by atoms with Crippen molar-refractivity contribution in [3.05, 3.63) is 70.8 Å². The van der Waals surface area contributed by atoms with E-state index in [4.69, 9.17) is 9.47 Å². The van der Waals surface area contributed by atoms with Crippen molar-refractivity contribution >= 4 is 17.9 Å². The normalized spacial score (nSPS) is 21.0. The number of hydrogen-bond acceptors (Lipinski definition) is 5. The quantitative estimate of drug-likeness (QED) is 0.162. The smallest absolute Gasteiger partial charge is 0.185 e. The van der Waals surface area contributed by atoms with Gasteiger partial charge in [0.05, 0.1) is 13.2 Å². The van der Waals surface area contributed by atoms with Crippen molar-refractivity contribution < 1.29 is 14.3 Å². The topological polar surface area (TPSA) is 42.0 Å². The molecule has 5 heteroatoms. The summed E-state index contributed by atoms with van der Waals surface area (Å²) >= 11 is 0. The average molecular weight is 599 g/mol. The van der Waals surface area contributed by atoms with Gasteiger partial charge in [-0.1, -0.05) is 38.1 Å². The Bertz CT molecular complexity index is 1120. The van der Waals surface area contributed by atoms with Crippen LogP contribution in [0.25, 0.3) is 12.2 Å². The summed E-state index contributed by atoms with van der Waals surface area (Å²) < 4.78 is 12.0. The van der Waals surface area contributed by atoms with Crippen LogP contribution in [-0.4, -0.2) is 68.1 Å². The van der Waals surface area contributed by atoms with E-state index in [1.165, 1.54) is 77.8 Å². The molecule has 2 aromatic rings.